The lowest BCUT2D eigenvalue weighted by molar-refractivity contribution is 0.171. The molecule has 0 atom stereocenters. The fourth-order valence-electron chi connectivity index (χ4n) is 2.58. The summed E-state index contributed by atoms with van der Waals surface area (Å²) in [6.45, 7) is 2.92. The summed E-state index contributed by atoms with van der Waals surface area (Å²) in [5, 5.41) is 0.145. The van der Waals surface area contributed by atoms with Crippen molar-refractivity contribution in [3.8, 4) is 11.5 Å². The molecule has 0 aromatic heterocycles. The summed E-state index contributed by atoms with van der Waals surface area (Å²) in [4.78, 5) is -0.392. The Morgan fingerprint density at radius 1 is 1.12 bits per heavy atom. The molecule has 0 fully saturated rings. The van der Waals surface area contributed by atoms with E-state index in [9.17, 15) is 12.8 Å². The maximum absolute atomic E-state index is 14.1. The lowest BCUT2D eigenvalue weighted by atomic mass is 10.2. The van der Waals surface area contributed by atoms with Gasteiger partial charge in [-0.25, -0.2) is 12.8 Å². The van der Waals surface area contributed by atoms with Crippen LogP contribution in [0.2, 0.25) is 5.02 Å². The zero-order chi connectivity index (χ0) is 18.0. The first kappa shape index (κ1) is 18.0. The molecule has 0 N–H and O–H groups in total. The Morgan fingerprint density at radius 2 is 1.84 bits per heavy atom. The molecule has 2 aromatic carbocycles. The van der Waals surface area contributed by atoms with Crippen LogP contribution < -0.4 is 9.47 Å². The van der Waals surface area contributed by atoms with Crippen molar-refractivity contribution in [3.05, 3.63) is 52.8 Å². The van der Waals surface area contributed by atoms with Gasteiger partial charge in [0.05, 0.1) is 0 Å². The predicted molar refractivity (Wildman–Crippen MR) is 92.1 cm³/mol. The van der Waals surface area contributed by atoms with Gasteiger partial charge in [0.1, 0.15) is 23.9 Å². The van der Waals surface area contributed by atoms with Gasteiger partial charge in [0, 0.05) is 18.1 Å². The third-order valence-corrected chi connectivity index (χ3v) is 6.02. The number of sulfonamides is 1. The molecule has 25 heavy (non-hydrogen) atoms. The minimum Gasteiger partial charge on any atom is -0.486 e. The molecule has 0 amide bonds. The Hall–Kier alpha value is -1.83. The van der Waals surface area contributed by atoms with Crippen LogP contribution in [0.1, 0.15) is 12.5 Å². The van der Waals surface area contributed by atoms with Gasteiger partial charge in [0.15, 0.2) is 11.5 Å². The van der Waals surface area contributed by atoms with Gasteiger partial charge >= 0.3 is 0 Å². The van der Waals surface area contributed by atoms with Crippen molar-refractivity contribution in [2.75, 3.05) is 19.8 Å². The smallest absolute Gasteiger partial charge is 0.246 e. The zero-order valence-corrected chi connectivity index (χ0v) is 15.1. The van der Waals surface area contributed by atoms with Gasteiger partial charge in [-0.2, -0.15) is 4.31 Å². The van der Waals surface area contributed by atoms with Crippen molar-refractivity contribution in [1.82, 2.24) is 4.31 Å². The monoisotopic (exact) mass is 385 g/mol. The first-order valence-electron chi connectivity index (χ1n) is 7.75. The van der Waals surface area contributed by atoms with Crippen LogP contribution in [0.5, 0.6) is 11.5 Å². The zero-order valence-electron chi connectivity index (χ0n) is 13.5. The third kappa shape index (κ3) is 3.73. The Labute approximate surface area is 151 Å². The van der Waals surface area contributed by atoms with Gasteiger partial charge in [-0.15, -0.1) is 0 Å². The van der Waals surface area contributed by atoms with Gasteiger partial charge in [-0.3, -0.25) is 0 Å². The molecular formula is C17H17ClFNO4S. The minimum absolute atomic E-state index is 0.0948. The van der Waals surface area contributed by atoms with Crippen LogP contribution in [0.4, 0.5) is 4.39 Å². The molecule has 0 bridgehead atoms. The standard InChI is InChI=1S/C17H17ClFNO4S/c1-2-20(25(21,22)17-6-4-13(18)10-14(17)19)11-12-3-5-15-16(9-12)24-8-7-23-15/h3-6,9-10H,2,7-8,11H2,1H3. The first-order valence-corrected chi connectivity index (χ1v) is 9.57. The fraction of sp³-hybridized carbons (Fsp3) is 0.294. The topological polar surface area (TPSA) is 55.8 Å². The summed E-state index contributed by atoms with van der Waals surface area (Å²) < 4.78 is 51.8. The average molecular weight is 386 g/mol. The molecule has 0 saturated heterocycles. The van der Waals surface area contributed by atoms with Gasteiger partial charge in [-0.05, 0) is 35.9 Å². The number of hydrogen-bond acceptors (Lipinski definition) is 4. The molecule has 0 spiro atoms. The largest absolute Gasteiger partial charge is 0.486 e. The number of halogens is 2. The summed E-state index contributed by atoms with van der Waals surface area (Å²) in [7, 11) is -3.99. The van der Waals surface area contributed by atoms with Gasteiger partial charge in [-0.1, -0.05) is 24.6 Å². The van der Waals surface area contributed by atoms with Crippen LogP contribution >= 0.6 is 11.6 Å². The number of hydrogen-bond donors (Lipinski definition) is 0. The third-order valence-electron chi connectivity index (χ3n) is 3.83. The van der Waals surface area contributed by atoms with E-state index in [1.54, 1.807) is 25.1 Å². The fourth-order valence-corrected chi connectivity index (χ4v) is 4.22. The van der Waals surface area contributed by atoms with Crippen molar-refractivity contribution < 1.29 is 22.3 Å². The highest BCUT2D eigenvalue weighted by Gasteiger charge is 2.27. The molecule has 5 nitrogen and oxygen atoms in total. The Kier molecular flexibility index (Phi) is 5.17. The summed E-state index contributed by atoms with van der Waals surface area (Å²) >= 11 is 5.70. The molecular weight excluding hydrogens is 369 g/mol. The Balaban J connectivity index is 1.89. The molecule has 1 aliphatic rings. The van der Waals surface area contributed by atoms with E-state index in [2.05, 4.69) is 0 Å². The summed E-state index contributed by atoms with van der Waals surface area (Å²) in [6.07, 6.45) is 0. The maximum Gasteiger partial charge on any atom is 0.246 e. The van der Waals surface area contributed by atoms with E-state index in [0.717, 1.165) is 11.6 Å². The Morgan fingerprint density at radius 3 is 2.52 bits per heavy atom. The van der Waals surface area contributed by atoms with E-state index in [1.165, 1.54) is 16.4 Å². The van der Waals surface area contributed by atoms with Crippen molar-refractivity contribution in [2.24, 2.45) is 0 Å². The SMILES string of the molecule is CCN(Cc1ccc2c(c1)OCCO2)S(=O)(=O)c1ccc(Cl)cc1F. The van der Waals surface area contributed by atoms with Crippen LogP contribution in [0, 0.1) is 5.82 Å². The number of fused-ring (bicyclic) bond motifs is 1. The molecule has 1 heterocycles. The van der Waals surface area contributed by atoms with Crippen LogP contribution in [-0.2, 0) is 16.6 Å². The minimum atomic E-state index is -3.99. The molecule has 134 valence electrons. The summed E-state index contributed by atoms with van der Waals surface area (Å²) in [5.41, 5.74) is 0.726. The molecule has 8 heteroatoms. The number of nitrogens with zero attached hydrogens (tertiary/aromatic N) is 1. The lowest BCUT2D eigenvalue weighted by Crippen LogP contribution is -2.31. The van der Waals surface area contributed by atoms with Crippen molar-refractivity contribution in [1.29, 1.82) is 0 Å². The summed E-state index contributed by atoms with van der Waals surface area (Å²) in [5.74, 6) is 0.340. The first-order chi connectivity index (χ1) is 11.9. The predicted octanol–water partition coefficient (Wildman–Crippen LogP) is 3.46. The lowest BCUT2D eigenvalue weighted by Gasteiger charge is -2.23. The van der Waals surface area contributed by atoms with E-state index in [4.69, 9.17) is 21.1 Å². The molecule has 1 aliphatic heterocycles. The van der Waals surface area contributed by atoms with E-state index in [1.807, 2.05) is 0 Å². The second kappa shape index (κ2) is 7.19. The number of rotatable bonds is 5. The van der Waals surface area contributed by atoms with E-state index >= 15 is 0 Å². The highest BCUT2D eigenvalue weighted by atomic mass is 35.5. The Bertz CT molecular complexity index is 888. The average Bonchev–Trinajstić information content (AvgIpc) is 2.59. The van der Waals surface area contributed by atoms with Crippen molar-refractivity contribution in [3.63, 3.8) is 0 Å². The van der Waals surface area contributed by atoms with Gasteiger partial charge in [0.25, 0.3) is 0 Å². The number of ether oxygens (including phenoxy) is 2. The van der Waals surface area contributed by atoms with E-state index in [-0.39, 0.29) is 18.1 Å². The molecule has 0 saturated carbocycles. The second-order valence-corrected chi connectivity index (χ2v) is 7.83. The molecule has 2 aromatic rings. The molecule has 3 rings (SSSR count). The quantitative estimate of drug-likeness (QED) is 0.791. The highest BCUT2D eigenvalue weighted by Crippen LogP contribution is 2.32. The van der Waals surface area contributed by atoms with Crippen LogP contribution in [0.25, 0.3) is 0 Å². The molecule has 0 unspecified atom stereocenters. The van der Waals surface area contributed by atoms with Crippen LogP contribution in [0.15, 0.2) is 41.3 Å². The molecule has 0 radical (unpaired) electrons. The van der Waals surface area contributed by atoms with E-state index < -0.39 is 20.7 Å². The van der Waals surface area contributed by atoms with Gasteiger partial charge < -0.3 is 9.47 Å². The van der Waals surface area contributed by atoms with Crippen molar-refractivity contribution in [2.45, 2.75) is 18.4 Å². The van der Waals surface area contributed by atoms with Crippen LogP contribution in [0.3, 0.4) is 0 Å². The maximum atomic E-state index is 14.1. The molecule has 0 aliphatic carbocycles. The normalized spacial score (nSPS) is 13.9. The number of benzene rings is 2. The highest BCUT2D eigenvalue weighted by molar-refractivity contribution is 7.89. The second-order valence-electron chi connectivity index (χ2n) is 5.48. The van der Waals surface area contributed by atoms with Crippen LogP contribution in [-0.4, -0.2) is 32.5 Å². The summed E-state index contributed by atoms with van der Waals surface area (Å²) in [6, 6.07) is 8.78. The van der Waals surface area contributed by atoms with Gasteiger partial charge in [0.2, 0.25) is 10.0 Å². The van der Waals surface area contributed by atoms with E-state index in [0.29, 0.717) is 24.7 Å². The van der Waals surface area contributed by atoms with Crippen molar-refractivity contribution >= 4 is 21.6 Å².